The van der Waals surface area contributed by atoms with Crippen molar-refractivity contribution in [3.8, 4) is 5.75 Å². The van der Waals surface area contributed by atoms with Crippen LogP contribution >= 0.6 is 0 Å². The molecule has 1 unspecified atom stereocenters. The molecule has 5 nitrogen and oxygen atoms in total. The van der Waals surface area contributed by atoms with Crippen LogP contribution in [0.3, 0.4) is 0 Å². The fourth-order valence-corrected chi connectivity index (χ4v) is 2.09. The average molecular weight is 264 g/mol. The van der Waals surface area contributed by atoms with Crippen molar-refractivity contribution in [3.05, 3.63) is 41.5 Å². The Kier molecular flexibility index (Phi) is 4.11. The van der Waals surface area contributed by atoms with Crippen molar-refractivity contribution in [1.82, 2.24) is 20.3 Å². The molecule has 1 heterocycles. The topological polar surface area (TPSA) is 52.0 Å². The zero-order chi connectivity index (χ0) is 13.8. The first kappa shape index (κ1) is 13.5. The Morgan fingerprint density at radius 1 is 1.47 bits per heavy atom. The van der Waals surface area contributed by atoms with Crippen molar-refractivity contribution in [2.75, 3.05) is 13.7 Å². The number of halogens is 1. The Morgan fingerprint density at radius 3 is 2.84 bits per heavy atom. The quantitative estimate of drug-likeness (QED) is 0.892. The van der Waals surface area contributed by atoms with E-state index in [1.54, 1.807) is 30.1 Å². The zero-order valence-electron chi connectivity index (χ0n) is 11.2. The van der Waals surface area contributed by atoms with Crippen LogP contribution in [-0.4, -0.2) is 28.6 Å². The maximum Gasteiger partial charge on any atom is 0.132 e. The first-order valence-corrected chi connectivity index (χ1v) is 6.09. The van der Waals surface area contributed by atoms with Crippen molar-refractivity contribution >= 4 is 0 Å². The van der Waals surface area contributed by atoms with Crippen LogP contribution in [0, 0.1) is 5.82 Å². The molecular formula is C13H17FN4O. The number of aromatic nitrogens is 3. The third-order valence-electron chi connectivity index (χ3n) is 2.97. The summed E-state index contributed by atoms with van der Waals surface area (Å²) >= 11 is 0. The number of hydrogen-bond donors (Lipinski definition) is 1. The van der Waals surface area contributed by atoms with Crippen LogP contribution in [-0.2, 0) is 7.05 Å². The molecule has 0 aliphatic rings. The van der Waals surface area contributed by atoms with E-state index in [0.717, 1.165) is 5.69 Å². The number of hydrogen-bond acceptors (Lipinski definition) is 4. The van der Waals surface area contributed by atoms with E-state index in [2.05, 4.69) is 15.6 Å². The van der Waals surface area contributed by atoms with Crippen molar-refractivity contribution in [3.63, 3.8) is 0 Å². The Bertz CT molecular complexity index is 555. The predicted octanol–water partition coefficient (Wildman–Crippen LogP) is 1.66. The van der Waals surface area contributed by atoms with Gasteiger partial charge in [0.05, 0.1) is 30.6 Å². The summed E-state index contributed by atoms with van der Waals surface area (Å²) in [6.07, 6.45) is 1.62. The molecule has 0 aliphatic heterocycles. The van der Waals surface area contributed by atoms with Crippen LogP contribution in [0.25, 0.3) is 0 Å². The molecule has 0 aliphatic carbocycles. The van der Waals surface area contributed by atoms with Gasteiger partial charge in [-0.2, -0.15) is 0 Å². The monoisotopic (exact) mass is 264 g/mol. The van der Waals surface area contributed by atoms with E-state index in [1.165, 1.54) is 13.2 Å². The highest BCUT2D eigenvalue weighted by atomic mass is 19.1. The minimum absolute atomic E-state index is 0.313. The molecule has 102 valence electrons. The molecule has 0 radical (unpaired) electrons. The highest BCUT2D eigenvalue weighted by Gasteiger charge is 2.24. The Hall–Kier alpha value is -1.95. The number of aryl methyl sites for hydroxylation is 1. The summed E-state index contributed by atoms with van der Waals surface area (Å²) in [5.41, 5.74) is 1.25. The Balaban J connectivity index is 2.54. The molecule has 1 N–H and O–H groups in total. The van der Waals surface area contributed by atoms with Crippen LogP contribution < -0.4 is 10.1 Å². The highest BCUT2D eigenvalue weighted by Crippen LogP contribution is 2.31. The van der Waals surface area contributed by atoms with Gasteiger partial charge in [0.1, 0.15) is 11.6 Å². The molecule has 19 heavy (non-hydrogen) atoms. The summed E-state index contributed by atoms with van der Waals surface area (Å²) < 4.78 is 21.0. The first-order chi connectivity index (χ1) is 9.19. The van der Waals surface area contributed by atoms with Gasteiger partial charge in [0.15, 0.2) is 0 Å². The van der Waals surface area contributed by atoms with Gasteiger partial charge in [-0.15, -0.1) is 5.10 Å². The maximum atomic E-state index is 14.2. The molecular weight excluding hydrogens is 247 g/mol. The van der Waals surface area contributed by atoms with E-state index >= 15 is 0 Å². The maximum absolute atomic E-state index is 14.2. The third-order valence-corrected chi connectivity index (χ3v) is 2.97. The fraction of sp³-hybridized carbons (Fsp3) is 0.385. The Morgan fingerprint density at radius 2 is 2.26 bits per heavy atom. The van der Waals surface area contributed by atoms with Crippen LogP contribution in [0.4, 0.5) is 4.39 Å². The molecule has 2 aromatic rings. The van der Waals surface area contributed by atoms with Crippen molar-refractivity contribution in [2.24, 2.45) is 7.05 Å². The predicted molar refractivity (Wildman–Crippen MR) is 69.5 cm³/mol. The van der Waals surface area contributed by atoms with Gasteiger partial charge in [-0.3, -0.25) is 4.68 Å². The van der Waals surface area contributed by atoms with E-state index in [9.17, 15) is 4.39 Å². The normalized spacial score (nSPS) is 12.4. The van der Waals surface area contributed by atoms with E-state index in [-0.39, 0.29) is 11.9 Å². The van der Waals surface area contributed by atoms with Crippen molar-refractivity contribution in [2.45, 2.75) is 13.0 Å². The van der Waals surface area contributed by atoms with Crippen LogP contribution in [0.2, 0.25) is 0 Å². The average Bonchev–Trinajstić information content (AvgIpc) is 2.82. The van der Waals surface area contributed by atoms with Gasteiger partial charge < -0.3 is 10.1 Å². The number of benzene rings is 1. The summed E-state index contributed by atoms with van der Waals surface area (Å²) in [6, 6.07) is 4.45. The lowest BCUT2D eigenvalue weighted by Crippen LogP contribution is -2.25. The van der Waals surface area contributed by atoms with Gasteiger partial charge in [0.2, 0.25) is 0 Å². The molecule has 1 aromatic heterocycles. The van der Waals surface area contributed by atoms with E-state index in [0.29, 0.717) is 17.9 Å². The summed E-state index contributed by atoms with van der Waals surface area (Å²) in [5, 5.41) is 11.0. The number of nitrogens with zero attached hydrogens (tertiary/aromatic N) is 3. The fourth-order valence-electron chi connectivity index (χ4n) is 2.09. The molecule has 0 saturated heterocycles. The number of ether oxygens (including phenoxy) is 1. The molecule has 0 fully saturated rings. The van der Waals surface area contributed by atoms with Crippen LogP contribution in [0.5, 0.6) is 5.75 Å². The summed E-state index contributed by atoms with van der Waals surface area (Å²) in [7, 11) is 3.31. The third kappa shape index (κ3) is 2.58. The highest BCUT2D eigenvalue weighted by molar-refractivity contribution is 5.40. The second-order valence-corrected chi connectivity index (χ2v) is 4.13. The summed E-state index contributed by atoms with van der Waals surface area (Å²) in [6.45, 7) is 2.65. The van der Waals surface area contributed by atoms with Gasteiger partial charge in [-0.05, 0) is 18.7 Å². The SMILES string of the molecule is CCNC(c1c(F)cccc1OC)c1cnnn1C. The number of methoxy groups -OCH3 is 1. The van der Waals surface area contributed by atoms with Gasteiger partial charge in [-0.25, -0.2) is 4.39 Å². The van der Waals surface area contributed by atoms with Gasteiger partial charge >= 0.3 is 0 Å². The summed E-state index contributed by atoms with van der Waals surface area (Å²) in [5.74, 6) is 0.193. The van der Waals surface area contributed by atoms with Crippen molar-refractivity contribution in [1.29, 1.82) is 0 Å². The van der Waals surface area contributed by atoms with Crippen molar-refractivity contribution < 1.29 is 9.13 Å². The molecule has 0 saturated carbocycles. The minimum Gasteiger partial charge on any atom is -0.496 e. The van der Waals surface area contributed by atoms with E-state index in [1.807, 2.05) is 6.92 Å². The van der Waals surface area contributed by atoms with Gasteiger partial charge in [0, 0.05) is 7.05 Å². The van der Waals surface area contributed by atoms with Crippen LogP contribution in [0.1, 0.15) is 24.2 Å². The second kappa shape index (κ2) is 5.79. The summed E-state index contributed by atoms with van der Waals surface area (Å²) in [4.78, 5) is 0. The second-order valence-electron chi connectivity index (χ2n) is 4.13. The zero-order valence-corrected chi connectivity index (χ0v) is 11.2. The largest absolute Gasteiger partial charge is 0.496 e. The lowest BCUT2D eigenvalue weighted by Gasteiger charge is -2.21. The number of rotatable bonds is 5. The minimum atomic E-state index is -0.346. The molecule has 0 bridgehead atoms. The standard InChI is InChI=1S/C13H17FN4O/c1-4-15-13(10-8-16-17-18(10)2)12-9(14)6-5-7-11(12)19-3/h5-8,13,15H,4H2,1-3H3. The molecule has 1 atom stereocenters. The molecule has 0 spiro atoms. The van der Waals surface area contributed by atoms with Gasteiger partial charge in [0.25, 0.3) is 0 Å². The first-order valence-electron chi connectivity index (χ1n) is 6.09. The lowest BCUT2D eigenvalue weighted by molar-refractivity contribution is 0.395. The van der Waals surface area contributed by atoms with E-state index < -0.39 is 0 Å². The smallest absolute Gasteiger partial charge is 0.132 e. The molecule has 6 heteroatoms. The number of nitrogens with one attached hydrogen (secondary N) is 1. The van der Waals surface area contributed by atoms with Gasteiger partial charge in [-0.1, -0.05) is 18.2 Å². The Labute approximate surface area is 111 Å². The molecule has 0 amide bonds. The molecule has 1 aromatic carbocycles. The van der Waals surface area contributed by atoms with E-state index in [4.69, 9.17) is 4.74 Å². The molecule has 2 rings (SSSR count). The lowest BCUT2D eigenvalue weighted by atomic mass is 10.0. The van der Waals surface area contributed by atoms with Crippen LogP contribution in [0.15, 0.2) is 24.4 Å².